The maximum atomic E-state index is 7.47. The molecule has 0 radical (unpaired) electrons. The van der Waals surface area contributed by atoms with Crippen molar-refractivity contribution in [3.8, 4) is 0 Å². The van der Waals surface area contributed by atoms with Crippen LogP contribution in [0.5, 0.6) is 0 Å². The van der Waals surface area contributed by atoms with E-state index in [1.165, 1.54) is 24.0 Å². The van der Waals surface area contributed by atoms with Gasteiger partial charge >= 0.3 is 0 Å². The smallest absolute Gasteiger partial charge is 0.122 e. The van der Waals surface area contributed by atoms with E-state index in [1.54, 1.807) is 0 Å². The average Bonchev–Trinajstić information content (AvgIpc) is 2.71. The molecule has 2 aliphatic heterocycles. The molecule has 0 spiro atoms. The zero-order valence-corrected chi connectivity index (χ0v) is 11.4. The van der Waals surface area contributed by atoms with Crippen molar-refractivity contribution >= 4 is 5.84 Å². The molecule has 102 valence electrons. The zero-order valence-electron chi connectivity index (χ0n) is 11.4. The van der Waals surface area contributed by atoms with Gasteiger partial charge in [0.1, 0.15) is 5.84 Å². The van der Waals surface area contributed by atoms with Crippen LogP contribution in [0.25, 0.3) is 0 Å². The molecule has 0 aromatic heterocycles. The number of nitrogen functional groups attached to an aromatic ring is 1. The topological polar surface area (TPSA) is 62.3 Å². The SMILES string of the molecule is Cc1cc(C(=N)N)ccc1CN1CC2CCC(C1)O2. The van der Waals surface area contributed by atoms with Crippen LogP contribution in [0.4, 0.5) is 0 Å². The number of morpholine rings is 1. The highest BCUT2D eigenvalue weighted by Crippen LogP contribution is 2.27. The quantitative estimate of drug-likeness (QED) is 0.641. The zero-order chi connectivity index (χ0) is 13.4. The van der Waals surface area contributed by atoms with Crippen LogP contribution in [0.2, 0.25) is 0 Å². The molecule has 2 bridgehead atoms. The summed E-state index contributed by atoms with van der Waals surface area (Å²) in [5, 5.41) is 7.47. The lowest BCUT2D eigenvalue weighted by atomic mass is 10.0. The second-order valence-corrected chi connectivity index (χ2v) is 5.71. The van der Waals surface area contributed by atoms with Gasteiger partial charge in [-0.1, -0.05) is 12.1 Å². The fraction of sp³-hybridized carbons (Fsp3) is 0.533. The number of rotatable bonds is 3. The van der Waals surface area contributed by atoms with Gasteiger partial charge in [0.2, 0.25) is 0 Å². The Morgan fingerprint density at radius 3 is 2.63 bits per heavy atom. The highest BCUT2D eigenvalue weighted by molar-refractivity contribution is 5.95. The number of fused-ring (bicyclic) bond motifs is 2. The number of nitrogens with two attached hydrogens (primary N) is 1. The number of nitrogens with one attached hydrogen (secondary N) is 1. The number of hydrogen-bond acceptors (Lipinski definition) is 3. The first kappa shape index (κ1) is 12.6. The number of likely N-dealkylation sites (tertiary alicyclic amines) is 1. The van der Waals surface area contributed by atoms with Crippen molar-refractivity contribution in [2.45, 2.75) is 38.5 Å². The molecule has 3 rings (SSSR count). The summed E-state index contributed by atoms with van der Waals surface area (Å²) >= 11 is 0. The molecule has 1 aromatic rings. The first-order valence-corrected chi connectivity index (χ1v) is 6.93. The van der Waals surface area contributed by atoms with E-state index >= 15 is 0 Å². The second kappa shape index (κ2) is 4.94. The molecule has 19 heavy (non-hydrogen) atoms. The Labute approximate surface area is 114 Å². The van der Waals surface area contributed by atoms with Crippen LogP contribution in [0, 0.1) is 12.3 Å². The molecule has 2 heterocycles. The predicted molar refractivity (Wildman–Crippen MR) is 75.4 cm³/mol. The van der Waals surface area contributed by atoms with Crippen molar-refractivity contribution in [3.63, 3.8) is 0 Å². The van der Waals surface area contributed by atoms with Crippen LogP contribution >= 0.6 is 0 Å². The van der Waals surface area contributed by atoms with Gasteiger partial charge in [0, 0.05) is 25.2 Å². The van der Waals surface area contributed by atoms with Crippen LogP contribution < -0.4 is 5.73 Å². The standard InChI is InChI=1S/C15H21N3O/c1-10-6-11(15(16)17)2-3-12(10)7-18-8-13-4-5-14(9-18)19-13/h2-3,6,13-14H,4-5,7-9H2,1H3,(H3,16,17). The largest absolute Gasteiger partial charge is 0.384 e. The van der Waals surface area contributed by atoms with Gasteiger partial charge in [-0.2, -0.15) is 0 Å². The van der Waals surface area contributed by atoms with Crippen LogP contribution in [0.15, 0.2) is 18.2 Å². The summed E-state index contributed by atoms with van der Waals surface area (Å²) in [4.78, 5) is 2.49. The Kier molecular flexibility index (Phi) is 3.29. The third-order valence-electron chi connectivity index (χ3n) is 4.17. The van der Waals surface area contributed by atoms with E-state index in [1.807, 2.05) is 12.1 Å². The number of hydrogen-bond donors (Lipinski definition) is 2. The highest BCUT2D eigenvalue weighted by atomic mass is 16.5. The molecule has 0 amide bonds. The number of ether oxygens (including phenoxy) is 1. The first-order valence-electron chi connectivity index (χ1n) is 6.93. The molecule has 3 N–H and O–H groups in total. The summed E-state index contributed by atoms with van der Waals surface area (Å²) in [6.07, 6.45) is 3.30. The van der Waals surface area contributed by atoms with E-state index in [2.05, 4.69) is 17.9 Å². The molecule has 0 saturated carbocycles. The summed E-state index contributed by atoms with van der Waals surface area (Å²) in [6, 6.07) is 6.05. The monoisotopic (exact) mass is 259 g/mol. The van der Waals surface area contributed by atoms with Gasteiger partial charge in [-0.3, -0.25) is 10.3 Å². The van der Waals surface area contributed by atoms with Crippen molar-refractivity contribution < 1.29 is 4.74 Å². The van der Waals surface area contributed by atoms with Gasteiger partial charge in [0.15, 0.2) is 0 Å². The van der Waals surface area contributed by atoms with E-state index < -0.39 is 0 Å². The molecule has 1 aromatic carbocycles. The lowest BCUT2D eigenvalue weighted by Gasteiger charge is -2.32. The van der Waals surface area contributed by atoms with Crippen molar-refractivity contribution in [2.75, 3.05) is 13.1 Å². The second-order valence-electron chi connectivity index (χ2n) is 5.71. The molecule has 2 aliphatic rings. The van der Waals surface area contributed by atoms with Crippen molar-refractivity contribution in [2.24, 2.45) is 5.73 Å². The molecule has 2 saturated heterocycles. The number of nitrogens with zero attached hydrogens (tertiary/aromatic N) is 1. The lowest BCUT2D eigenvalue weighted by molar-refractivity contribution is -0.0411. The maximum Gasteiger partial charge on any atom is 0.122 e. The Morgan fingerprint density at radius 1 is 1.37 bits per heavy atom. The molecule has 4 heteroatoms. The van der Waals surface area contributed by atoms with Gasteiger partial charge in [0.05, 0.1) is 12.2 Å². The fourth-order valence-electron chi connectivity index (χ4n) is 3.11. The fourth-order valence-corrected chi connectivity index (χ4v) is 3.11. The summed E-state index contributed by atoms with van der Waals surface area (Å²) in [5.41, 5.74) is 8.87. The molecule has 4 nitrogen and oxygen atoms in total. The molecule has 2 fully saturated rings. The Morgan fingerprint density at radius 2 is 2.05 bits per heavy atom. The van der Waals surface area contributed by atoms with Crippen LogP contribution in [0.1, 0.15) is 29.5 Å². The Hall–Kier alpha value is -1.39. The number of amidine groups is 1. The third-order valence-corrected chi connectivity index (χ3v) is 4.17. The molecular formula is C15H21N3O. The predicted octanol–water partition coefficient (Wildman–Crippen LogP) is 1.64. The van der Waals surface area contributed by atoms with Gasteiger partial charge in [-0.05, 0) is 37.0 Å². The van der Waals surface area contributed by atoms with Gasteiger partial charge < -0.3 is 10.5 Å². The van der Waals surface area contributed by atoms with Gasteiger partial charge in [-0.15, -0.1) is 0 Å². The lowest BCUT2D eigenvalue weighted by Crippen LogP contribution is -2.42. The summed E-state index contributed by atoms with van der Waals surface area (Å²) in [7, 11) is 0. The number of aryl methyl sites for hydroxylation is 1. The first-order chi connectivity index (χ1) is 9.11. The minimum absolute atomic E-state index is 0.138. The van der Waals surface area contributed by atoms with Crippen molar-refractivity contribution in [1.82, 2.24) is 4.90 Å². The minimum atomic E-state index is 0.138. The molecular weight excluding hydrogens is 238 g/mol. The summed E-state index contributed by atoms with van der Waals surface area (Å²) < 4.78 is 5.86. The molecule has 2 atom stereocenters. The molecule has 2 unspecified atom stereocenters. The van der Waals surface area contributed by atoms with E-state index in [9.17, 15) is 0 Å². The summed E-state index contributed by atoms with van der Waals surface area (Å²) in [6.45, 7) is 5.16. The van der Waals surface area contributed by atoms with E-state index in [0.29, 0.717) is 12.2 Å². The van der Waals surface area contributed by atoms with Gasteiger partial charge in [-0.25, -0.2) is 0 Å². The summed E-state index contributed by atoms with van der Waals surface area (Å²) in [5.74, 6) is 0.138. The molecule has 0 aliphatic carbocycles. The minimum Gasteiger partial charge on any atom is -0.384 e. The van der Waals surface area contributed by atoms with E-state index in [-0.39, 0.29) is 5.84 Å². The number of benzene rings is 1. The third kappa shape index (κ3) is 2.65. The van der Waals surface area contributed by atoms with E-state index in [4.69, 9.17) is 15.9 Å². The van der Waals surface area contributed by atoms with Gasteiger partial charge in [0.25, 0.3) is 0 Å². The van der Waals surface area contributed by atoms with Crippen LogP contribution in [-0.4, -0.2) is 36.0 Å². The Bertz CT molecular complexity index is 488. The average molecular weight is 259 g/mol. The van der Waals surface area contributed by atoms with Crippen LogP contribution in [0.3, 0.4) is 0 Å². The Balaban J connectivity index is 1.71. The van der Waals surface area contributed by atoms with E-state index in [0.717, 1.165) is 25.2 Å². The van der Waals surface area contributed by atoms with Crippen molar-refractivity contribution in [3.05, 3.63) is 34.9 Å². The van der Waals surface area contributed by atoms with Crippen molar-refractivity contribution in [1.29, 1.82) is 5.41 Å². The normalized spacial score (nSPS) is 26.6. The van der Waals surface area contributed by atoms with Crippen LogP contribution in [-0.2, 0) is 11.3 Å². The highest BCUT2D eigenvalue weighted by Gasteiger charge is 2.33. The maximum absolute atomic E-state index is 7.47.